The Morgan fingerprint density at radius 3 is 2.22 bits per heavy atom. The lowest BCUT2D eigenvalue weighted by atomic mass is 9.87. The van der Waals surface area contributed by atoms with Gasteiger partial charge in [-0.1, -0.05) is 51.1 Å². The van der Waals surface area contributed by atoms with Gasteiger partial charge < -0.3 is 9.52 Å². The molecule has 0 spiro atoms. The van der Waals surface area contributed by atoms with Gasteiger partial charge in [0.1, 0.15) is 17.6 Å². The fourth-order valence-electron chi connectivity index (χ4n) is 2.18. The summed E-state index contributed by atoms with van der Waals surface area (Å²) in [4.78, 5) is 0. The standard InChI is InChI=1S/C16H20O2/c1-11-13(16(2,3)4)10-14(18-11)15(17)12-8-6-5-7-9-12/h5-10,15,17H,1-4H3. The van der Waals surface area contributed by atoms with Crippen LogP contribution < -0.4 is 0 Å². The van der Waals surface area contributed by atoms with Crippen LogP contribution in [0.25, 0.3) is 0 Å². The molecule has 1 aromatic heterocycles. The summed E-state index contributed by atoms with van der Waals surface area (Å²) in [6, 6.07) is 11.5. The van der Waals surface area contributed by atoms with Crippen molar-refractivity contribution >= 4 is 0 Å². The van der Waals surface area contributed by atoms with Crippen molar-refractivity contribution in [2.45, 2.75) is 39.2 Å². The van der Waals surface area contributed by atoms with Gasteiger partial charge in [0.2, 0.25) is 0 Å². The van der Waals surface area contributed by atoms with Gasteiger partial charge in [-0.05, 0) is 29.5 Å². The molecule has 1 heterocycles. The molecule has 2 nitrogen and oxygen atoms in total. The predicted molar refractivity (Wildman–Crippen MR) is 72.6 cm³/mol. The molecule has 0 amide bonds. The van der Waals surface area contributed by atoms with Crippen LogP contribution in [0.4, 0.5) is 0 Å². The second-order valence-corrected chi connectivity index (χ2v) is 5.68. The summed E-state index contributed by atoms with van der Waals surface area (Å²) >= 11 is 0. The average Bonchev–Trinajstić information content (AvgIpc) is 2.71. The van der Waals surface area contributed by atoms with Crippen molar-refractivity contribution in [2.24, 2.45) is 0 Å². The van der Waals surface area contributed by atoms with E-state index < -0.39 is 6.10 Å². The van der Waals surface area contributed by atoms with E-state index in [1.165, 1.54) is 0 Å². The maximum absolute atomic E-state index is 10.3. The second-order valence-electron chi connectivity index (χ2n) is 5.68. The van der Waals surface area contributed by atoms with E-state index >= 15 is 0 Å². The maximum Gasteiger partial charge on any atom is 0.137 e. The molecule has 1 atom stereocenters. The largest absolute Gasteiger partial charge is 0.463 e. The zero-order valence-corrected chi connectivity index (χ0v) is 11.4. The van der Waals surface area contributed by atoms with E-state index in [0.29, 0.717) is 5.76 Å². The monoisotopic (exact) mass is 244 g/mol. The first kappa shape index (κ1) is 12.9. The van der Waals surface area contributed by atoms with Gasteiger partial charge in [0, 0.05) is 0 Å². The number of hydrogen-bond acceptors (Lipinski definition) is 2. The summed E-state index contributed by atoms with van der Waals surface area (Å²) in [5.74, 6) is 1.50. The second kappa shape index (κ2) is 4.62. The van der Waals surface area contributed by atoms with Crippen molar-refractivity contribution in [1.82, 2.24) is 0 Å². The molecular formula is C16H20O2. The van der Waals surface area contributed by atoms with Crippen molar-refractivity contribution in [1.29, 1.82) is 0 Å². The summed E-state index contributed by atoms with van der Waals surface area (Å²) in [7, 11) is 0. The average molecular weight is 244 g/mol. The first-order valence-corrected chi connectivity index (χ1v) is 6.23. The van der Waals surface area contributed by atoms with E-state index in [1.54, 1.807) is 0 Å². The highest BCUT2D eigenvalue weighted by molar-refractivity contribution is 5.32. The van der Waals surface area contributed by atoms with Crippen LogP contribution in [0.2, 0.25) is 0 Å². The summed E-state index contributed by atoms with van der Waals surface area (Å²) in [5, 5.41) is 10.3. The fourth-order valence-corrected chi connectivity index (χ4v) is 2.18. The highest BCUT2D eigenvalue weighted by Gasteiger charge is 2.23. The summed E-state index contributed by atoms with van der Waals surface area (Å²) in [5.41, 5.74) is 2.03. The lowest BCUT2D eigenvalue weighted by Crippen LogP contribution is -2.11. The first-order valence-electron chi connectivity index (χ1n) is 6.23. The number of hydrogen-bond donors (Lipinski definition) is 1. The molecule has 0 saturated carbocycles. The molecule has 0 bridgehead atoms. The molecule has 2 heteroatoms. The van der Waals surface area contributed by atoms with Gasteiger partial charge >= 0.3 is 0 Å². The van der Waals surface area contributed by atoms with Crippen LogP contribution in [-0.4, -0.2) is 5.11 Å². The lowest BCUT2D eigenvalue weighted by Gasteiger charge is -2.16. The summed E-state index contributed by atoms with van der Waals surface area (Å²) in [6.07, 6.45) is -0.694. The fraction of sp³-hybridized carbons (Fsp3) is 0.375. The van der Waals surface area contributed by atoms with Crippen LogP contribution in [0.15, 0.2) is 40.8 Å². The number of aliphatic hydroxyl groups is 1. The Morgan fingerprint density at radius 1 is 1.11 bits per heavy atom. The van der Waals surface area contributed by atoms with Crippen LogP contribution >= 0.6 is 0 Å². The lowest BCUT2D eigenvalue weighted by molar-refractivity contribution is 0.187. The minimum atomic E-state index is -0.694. The highest BCUT2D eigenvalue weighted by atomic mass is 16.4. The van der Waals surface area contributed by atoms with Crippen molar-refractivity contribution < 1.29 is 9.52 Å². The van der Waals surface area contributed by atoms with Gasteiger partial charge in [-0.3, -0.25) is 0 Å². The Balaban J connectivity index is 2.36. The predicted octanol–water partition coefficient (Wildman–Crippen LogP) is 3.97. The number of furan rings is 1. The molecule has 0 aliphatic carbocycles. The number of aliphatic hydroxyl groups excluding tert-OH is 1. The molecule has 1 N–H and O–H groups in total. The third kappa shape index (κ3) is 2.49. The van der Waals surface area contributed by atoms with Crippen LogP contribution in [0.3, 0.4) is 0 Å². The van der Waals surface area contributed by atoms with E-state index in [2.05, 4.69) is 20.8 Å². The minimum absolute atomic E-state index is 0.0300. The molecule has 0 aliphatic rings. The van der Waals surface area contributed by atoms with Crippen LogP contribution in [-0.2, 0) is 5.41 Å². The van der Waals surface area contributed by atoms with Gasteiger partial charge in [-0.2, -0.15) is 0 Å². The van der Waals surface area contributed by atoms with E-state index in [0.717, 1.165) is 16.9 Å². The Morgan fingerprint density at radius 2 is 1.72 bits per heavy atom. The third-order valence-corrected chi connectivity index (χ3v) is 3.13. The Bertz CT molecular complexity index is 518. The van der Waals surface area contributed by atoms with E-state index in [1.807, 2.05) is 43.3 Å². The molecule has 0 fully saturated rings. The van der Waals surface area contributed by atoms with E-state index in [-0.39, 0.29) is 5.41 Å². The van der Waals surface area contributed by atoms with Crippen LogP contribution in [0, 0.1) is 6.92 Å². The normalized spacial score (nSPS) is 13.6. The molecule has 18 heavy (non-hydrogen) atoms. The molecule has 2 aromatic rings. The first-order chi connectivity index (χ1) is 8.39. The Hall–Kier alpha value is -1.54. The molecular weight excluding hydrogens is 224 g/mol. The third-order valence-electron chi connectivity index (χ3n) is 3.13. The van der Waals surface area contributed by atoms with Gasteiger partial charge in [-0.25, -0.2) is 0 Å². The molecule has 1 aromatic carbocycles. The zero-order valence-electron chi connectivity index (χ0n) is 11.4. The minimum Gasteiger partial charge on any atom is -0.463 e. The molecule has 1 unspecified atom stereocenters. The van der Waals surface area contributed by atoms with E-state index in [4.69, 9.17) is 4.42 Å². The molecule has 0 saturated heterocycles. The van der Waals surface area contributed by atoms with Gasteiger partial charge in [0.05, 0.1) is 0 Å². The van der Waals surface area contributed by atoms with Crippen molar-refractivity contribution in [3.8, 4) is 0 Å². The molecule has 96 valence electrons. The highest BCUT2D eigenvalue weighted by Crippen LogP contribution is 2.32. The number of benzene rings is 1. The molecule has 0 radical (unpaired) electrons. The summed E-state index contributed by atoms with van der Waals surface area (Å²) < 4.78 is 5.71. The van der Waals surface area contributed by atoms with Crippen LogP contribution in [0.1, 0.15) is 49.5 Å². The van der Waals surface area contributed by atoms with Gasteiger partial charge in [0.25, 0.3) is 0 Å². The summed E-state index contributed by atoms with van der Waals surface area (Å²) in [6.45, 7) is 8.37. The zero-order chi connectivity index (χ0) is 13.3. The number of rotatable bonds is 2. The van der Waals surface area contributed by atoms with Crippen molar-refractivity contribution in [3.63, 3.8) is 0 Å². The smallest absolute Gasteiger partial charge is 0.137 e. The molecule has 0 aliphatic heterocycles. The number of aryl methyl sites for hydroxylation is 1. The van der Waals surface area contributed by atoms with Gasteiger partial charge in [0.15, 0.2) is 0 Å². The van der Waals surface area contributed by atoms with Crippen LogP contribution in [0.5, 0.6) is 0 Å². The van der Waals surface area contributed by atoms with Crippen molar-refractivity contribution in [2.75, 3.05) is 0 Å². The molecule has 2 rings (SSSR count). The topological polar surface area (TPSA) is 33.4 Å². The van der Waals surface area contributed by atoms with Gasteiger partial charge in [-0.15, -0.1) is 0 Å². The van der Waals surface area contributed by atoms with E-state index in [9.17, 15) is 5.11 Å². The Labute approximate surface area is 108 Å². The van der Waals surface area contributed by atoms with Crippen molar-refractivity contribution in [3.05, 3.63) is 59.0 Å². The maximum atomic E-state index is 10.3. The Kier molecular flexibility index (Phi) is 3.31. The quantitative estimate of drug-likeness (QED) is 0.867. The SMILES string of the molecule is Cc1oc(C(O)c2ccccc2)cc1C(C)(C)C.